The zero-order valence-corrected chi connectivity index (χ0v) is 15.1. The molecule has 0 aromatic heterocycles. The van der Waals surface area contributed by atoms with Crippen molar-refractivity contribution in [2.75, 3.05) is 12.4 Å². The van der Waals surface area contributed by atoms with Crippen LogP contribution in [0.25, 0.3) is 0 Å². The lowest BCUT2D eigenvalue weighted by atomic mass is 10.1. The fourth-order valence-electron chi connectivity index (χ4n) is 2.25. The number of aryl methyl sites for hydroxylation is 1. The molecule has 2 rings (SSSR count). The standard InChI is InChI=1S/C21H22O3S/c1-2-24-21(23)20(25-16-15-17-9-5-3-6-10-17)14-13-19(22)18-11-7-4-8-12-18/h3-12,14H,2,13,15-16H2,1H3. The molecule has 0 radical (unpaired) electrons. The van der Waals surface area contributed by atoms with Gasteiger partial charge in [0.05, 0.1) is 11.5 Å². The highest BCUT2D eigenvalue weighted by atomic mass is 32.2. The molecular formula is C21H22O3S. The zero-order valence-electron chi connectivity index (χ0n) is 14.3. The van der Waals surface area contributed by atoms with Gasteiger partial charge in [0, 0.05) is 17.7 Å². The highest BCUT2D eigenvalue weighted by molar-refractivity contribution is 8.03. The van der Waals surface area contributed by atoms with Gasteiger partial charge in [0.2, 0.25) is 0 Å². The first-order chi connectivity index (χ1) is 12.2. The Hall–Kier alpha value is -2.33. The summed E-state index contributed by atoms with van der Waals surface area (Å²) in [5, 5.41) is 0. The molecule has 0 spiro atoms. The Morgan fingerprint density at radius 3 is 2.28 bits per heavy atom. The number of benzene rings is 2. The van der Waals surface area contributed by atoms with Gasteiger partial charge in [-0.05, 0) is 18.9 Å². The molecule has 2 aromatic rings. The lowest BCUT2D eigenvalue weighted by molar-refractivity contribution is -0.137. The summed E-state index contributed by atoms with van der Waals surface area (Å²) in [6.07, 6.45) is 2.73. The van der Waals surface area contributed by atoms with Gasteiger partial charge in [-0.3, -0.25) is 4.79 Å². The third-order valence-corrected chi connectivity index (χ3v) is 4.59. The van der Waals surface area contributed by atoms with Gasteiger partial charge in [-0.25, -0.2) is 4.79 Å². The Morgan fingerprint density at radius 1 is 1.00 bits per heavy atom. The smallest absolute Gasteiger partial charge is 0.344 e. The highest BCUT2D eigenvalue weighted by Crippen LogP contribution is 2.20. The summed E-state index contributed by atoms with van der Waals surface area (Å²) in [6, 6.07) is 19.2. The number of ketones is 1. The normalized spacial score (nSPS) is 11.2. The third-order valence-electron chi connectivity index (χ3n) is 3.54. The lowest BCUT2D eigenvalue weighted by Crippen LogP contribution is -2.07. The molecule has 0 aliphatic carbocycles. The van der Waals surface area contributed by atoms with Crippen molar-refractivity contribution >= 4 is 23.5 Å². The van der Waals surface area contributed by atoms with Gasteiger partial charge in [-0.1, -0.05) is 66.7 Å². The summed E-state index contributed by atoms with van der Waals surface area (Å²) >= 11 is 1.44. The van der Waals surface area contributed by atoms with Crippen LogP contribution in [0.1, 0.15) is 29.3 Å². The van der Waals surface area contributed by atoms with E-state index in [0.29, 0.717) is 17.1 Å². The lowest BCUT2D eigenvalue weighted by Gasteiger charge is -2.07. The van der Waals surface area contributed by atoms with Crippen molar-refractivity contribution in [1.29, 1.82) is 0 Å². The van der Waals surface area contributed by atoms with E-state index in [1.807, 2.05) is 36.4 Å². The maximum atomic E-state index is 12.2. The van der Waals surface area contributed by atoms with Gasteiger partial charge in [0.15, 0.2) is 5.78 Å². The quantitative estimate of drug-likeness (QED) is 0.372. The summed E-state index contributed by atoms with van der Waals surface area (Å²) in [4.78, 5) is 24.8. The first-order valence-electron chi connectivity index (χ1n) is 8.33. The number of Topliss-reactive ketones (excluding diaryl/α,β-unsaturated/α-hetero) is 1. The van der Waals surface area contributed by atoms with Crippen molar-refractivity contribution in [2.45, 2.75) is 19.8 Å². The second kappa shape index (κ2) is 10.5. The SMILES string of the molecule is CCOC(=O)C(=CCC(=O)c1ccccc1)SCCc1ccccc1. The van der Waals surface area contributed by atoms with Crippen LogP contribution in [0, 0.1) is 0 Å². The zero-order chi connectivity index (χ0) is 17.9. The minimum Gasteiger partial charge on any atom is -0.462 e. The number of esters is 1. The predicted molar refractivity (Wildman–Crippen MR) is 103 cm³/mol. The highest BCUT2D eigenvalue weighted by Gasteiger charge is 2.13. The van der Waals surface area contributed by atoms with Gasteiger partial charge < -0.3 is 4.74 Å². The average Bonchev–Trinajstić information content (AvgIpc) is 2.66. The second-order valence-corrected chi connectivity index (χ2v) is 6.50. The molecule has 25 heavy (non-hydrogen) atoms. The Morgan fingerprint density at radius 2 is 1.64 bits per heavy atom. The van der Waals surface area contributed by atoms with Gasteiger partial charge in [0.25, 0.3) is 0 Å². The molecule has 0 bridgehead atoms. The monoisotopic (exact) mass is 354 g/mol. The predicted octanol–water partition coefficient (Wildman–Crippen LogP) is 4.68. The Labute approximate surface area is 153 Å². The summed E-state index contributed by atoms with van der Waals surface area (Å²) in [7, 11) is 0. The van der Waals surface area contributed by atoms with Crippen molar-refractivity contribution in [3.8, 4) is 0 Å². The average molecular weight is 354 g/mol. The maximum Gasteiger partial charge on any atom is 0.344 e. The largest absolute Gasteiger partial charge is 0.462 e. The van der Waals surface area contributed by atoms with Crippen molar-refractivity contribution in [3.63, 3.8) is 0 Å². The third kappa shape index (κ3) is 6.59. The summed E-state index contributed by atoms with van der Waals surface area (Å²) in [5.74, 6) is 0.390. The minimum absolute atomic E-state index is 0.00828. The second-order valence-electron chi connectivity index (χ2n) is 5.37. The van der Waals surface area contributed by atoms with E-state index in [2.05, 4.69) is 12.1 Å². The van der Waals surface area contributed by atoms with Crippen LogP contribution in [-0.4, -0.2) is 24.1 Å². The van der Waals surface area contributed by atoms with E-state index >= 15 is 0 Å². The van der Waals surface area contributed by atoms with Crippen molar-refractivity contribution < 1.29 is 14.3 Å². The summed E-state index contributed by atoms with van der Waals surface area (Å²) in [6.45, 7) is 2.10. The van der Waals surface area contributed by atoms with E-state index in [1.165, 1.54) is 17.3 Å². The molecule has 0 aliphatic rings. The van der Waals surface area contributed by atoms with E-state index in [1.54, 1.807) is 25.1 Å². The first kappa shape index (κ1) is 19.0. The number of ether oxygens (including phenoxy) is 1. The van der Waals surface area contributed by atoms with Gasteiger partial charge in [-0.2, -0.15) is 0 Å². The number of allylic oxidation sites excluding steroid dienone is 1. The topological polar surface area (TPSA) is 43.4 Å². The molecule has 0 fully saturated rings. The molecule has 0 heterocycles. The molecule has 0 amide bonds. The number of carbonyl (C=O) groups is 2. The van der Waals surface area contributed by atoms with E-state index in [9.17, 15) is 9.59 Å². The molecule has 0 saturated carbocycles. The molecule has 0 atom stereocenters. The number of hydrogen-bond acceptors (Lipinski definition) is 4. The van der Waals surface area contributed by atoms with Crippen LogP contribution in [0.5, 0.6) is 0 Å². The fraction of sp³-hybridized carbons (Fsp3) is 0.238. The molecule has 2 aromatic carbocycles. The van der Waals surface area contributed by atoms with Crippen molar-refractivity contribution in [2.24, 2.45) is 0 Å². The molecular weight excluding hydrogens is 332 g/mol. The van der Waals surface area contributed by atoms with Gasteiger partial charge in [0.1, 0.15) is 0 Å². The van der Waals surface area contributed by atoms with Crippen LogP contribution in [0.3, 0.4) is 0 Å². The molecule has 4 heteroatoms. The van der Waals surface area contributed by atoms with E-state index in [4.69, 9.17) is 4.74 Å². The molecule has 0 aliphatic heterocycles. The molecule has 3 nitrogen and oxygen atoms in total. The van der Waals surface area contributed by atoms with Crippen LogP contribution in [0.2, 0.25) is 0 Å². The van der Waals surface area contributed by atoms with E-state index < -0.39 is 0 Å². The summed E-state index contributed by atoms with van der Waals surface area (Å²) in [5.41, 5.74) is 1.87. The fourth-order valence-corrected chi connectivity index (χ4v) is 3.19. The number of hydrogen-bond donors (Lipinski definition) is 0. The van der Waals surface area contributed by atoms with Crippen molar-refractivity contribution in [3.05, 3.63) is 82.8 Å². The van der Waals surface area contributed by atoms with Crippen LogP contribution in [-0.2, 0) is 16.0 Å². The van der Waals surface area contributed by atoms with Crippen LogP contribution in [0.15, 0.2) is 71.6 Å². The Balaban J connectivity index is 1.97. The van der Waals surface area contributed by atoms with Gasteiger partial charge >= 0.3 is 5.97 Å². The number of rotatable bonds is 9. The number of thioether (sulfide) groups is 1. The summed E-state index contributed by atoms with van der Waals surface area (Å²) < 4.78 is 5.11. The Bertz CT molecular complexity index is 708. The maximum absolute atomic E-state index is 12.2. The van der Waals surface area contributed by atoms with Gasteiger partial charge in [-0.15, -0.1) is 11.8 Å². The molecule has 0 unspecified atom stereocenters. The molecule has 130 valence electrons. The van der Waals surface area contributed by atoms with E-state index in [-0.39, 0.29) is 18.2 Å². The van der Waals surface area contributed by atoms with Crippen LogP contribution < -0.4 is 0 Å². The number of carbonyl (C=O) groups excluding carboxylic acids is 2. The van der Waals surface area contributed by atoms with Crippen LogP contribution in [0.4, 0.5) is 0 Å². The minimum atomic E-state index is -0.360. The first-order valence-corrected chi connectivity index (χ1v) is 9.31. The Kier molecular flexibility index (Phi) is 7.99. The van der Waals surface area contributed by atoms with Crippen molar-refractivity contribution in [1.82, 2.24) is 0 Å². The molecule has 0 saturated heterocycles. The molecule has 0 N–H and O–H groups in total. The van der Waals surface area contributed by atoms with Crippen LogP contribution >= 0.6 is 11.8 Å². The van der Waals surface area contributed by atoms with E-state index in [0.717, 1.165) is 12.2 Å².